The number of hydrogen-bond donors (Lipinski definition) is 2. The van der Waals surface area contributed by atoms with E-state index in [0.717, 1.165) is 0 Å². The van der Waals surface area contributed by atoms with Crippen LogP contribution in [0.3, 0.4) is 0 Å². The zero-order valence-electron chi connectivity index (χ0n) is 10.7. The highest BCUT2D eigenvalue weighted by Crippen LogP contribution is 2.24. The van der Waals surface area contributed by atoms with Crippen LogP contribution in [-0.4, -0.2) is 24.4 Å². The van der Waals surface area contributed by atoms with Crippen LogP contribution in [0.4, 0.5) is 8.78 Å². The molecule has 19 heavy (non-hydrogen) atoms. The van der Waals surface area contributed by atoms with Crippen molar-refractivity contribution in [1.82, 2.24) is 5.32 Å². The zero-order valence-corrected chi connectivity index (χ0v) is 11.5. The molecule has 1 aromatic carbocycles. The van der Waals surface area contributed by atoms with Gasteiger partial charge in [-0.1, -0.05) is 18.5 Å². The van der Waals surface area contributed by atoms with Crippen LogP contribution in [0.5, 0.6) is 5.75 Å². The highest BCUT2D eigenvalue weighted by Gasteiger charge is 2.10. The lowest BCUT2D eigenvalue weighted by Gasteiger charge is -2.13. The van der Waals surface area contributed by atoms with Gasteiger partial charge in [-0.25, -0.2) is 0 Å². The number of hydrogen-bond acceptors (Lipinski definition) is 3. The molecule has 0 amide bonds. The van der Waals surface area contributed by atoms with Crippen molar-refractivity contribution in [3.63, 3.8) is 0 Å². The van der Waals surface area contributed by atoms with Gasteiger partial charge in [0.25, 0.3) is 0 Å². The summed E-state index contributed by atoms with van der Waals surface area (Å²) in [6.07, 6.45) is 0.962. The Hall–Kier alpha value is -0.910. The zero-order chi connectivity index (χ0) is 14.3. The van der Waals surface area contributed by atoms with Crippen LogP contribution in [0, 0.1) is 0 Å². The highest BCUT2D eigenvalue weighted by atomic mass is 35.5. The summed E-state index contributed by atoms with van der Waals surface area (Å²) in [5.74, 6) is 0.114. The third-order valence-corrected chi connectivity index (χ3v) is 2.91. The first-order valence-corrected chi connectivity index (χ1v) is 6.52. The Morgan fingerprint density at radius 2 is 2.16 bits per heavy atom. The van der Waals surface area contributed by atoms with Gasteiger partial charge in [-0.15, -0.1) is 0 Å². The molecule has 0 saturated heterocycles. The molecule has 0 aliphatic rings. The number of benzene rings is 1. The largest absolute Gasteiger partial charge is 0.434 e. The molecule has 0 radical (unpaired) electrons. The molecule has 3 nitrogen and oxygen atoms in total. The van der Waals surface area contributed by atoms with Crippen LogP contribution in [0.15, 0.2) is 18.2 Å². The van der Waals surface area contributed by atoms with Gasteiger partial charge in [0.15, 0.2) is 0 Å². The fraction of sp³-hybridized carbons (Fsp3) is 0.538. The molecule has 0 aliphatic carbocycles. The topological polar surface area (TPSA) is 41.5 Å². The predicted molar refractivity (Wildman–Crippen MR) is 70.7 cm³/mol. The molecule has 108 valence electrons. The maximum atomic E-state index is 12.2. The van der Waals surface area contributed by atoms with E-state index in [0.29, 0.717) is 36.5 Å². The third kappa shape index (κ3) is 6.18. The minimum atomic E-state index is -2.86. The number of rotatable bonds is 8. The van der Waals surface area contributed by atoms with Gasteiger partial charge in [-0.05, 0) is 37.6 Å². The van der Waals surface area contributed by atoms with Crippen molar-refractivity contribution < 1.29 is 18.6 Å². The van der Waals surface area contributed by atoms with Gasteiger partial charge in [0, 0.05) is 17.1 Å². The van der Waals surface area contributed by atoms with Crippen LogP contribution in [0.25, 0.3) is 0 Å². The van der Waals surface area contributed by atoms with Crippen LogP contribution < -0.4 is 10.1 Å². The molecule has 0 aliphatic heterocycles. The Kier molecular flexibility index (Phi) is 7.05. The summed E-state index contributed by atoms with van der Waals surface area (Å²) in [4.78, 5) is 0. The lowest BCUT2D eigenvalue weighted by molar-refractivity contribution is -0.0504. The molecule has 1 aromatic rings. The maximum Gasteiger partial charge on any atom is 0.387 e. The van der Waals surface area contributed by atoms with Crippen LogP contribution in [-0.2, 0) is 6.54 Å². The summed E-state index contributed by atoms with van der Waals surface area (Å²) in [6, 6.07) is 4.51. The minimum absolute atomic E-state index is 0.114. The highest BCUT2D eigenvalue weighted by molar-refractivity contribution is 6.30. The fourth-order valence-corrected chi connectivity index (χ4v) is 1.79. The minimum Gasteiger partial charge on any atom is -0.434 e. The van der Waals surface area contributed by atoms with Crippen LogP contribution >= 0.6 is 11.6 Å². The molecule has 0 heterocycles. The average molecular weight is 294 g/mol. The first-order valence-electron chi connectivity index (χ1n) is 6.15. The van der Waals surface area contributed by atoms with E-state index in [1.165, 1.54) is 12.1 Å². The summed E-state index contributed by atoms with van der Waals surface area (Å²) in [7, 11) is 0. The Morgan fingerprint density at radius 3 is 2.79 bits per heavy atom. The molecule has 0 fully saturated rings. The summed E-state index contributed by atoms with van der Waals surface area (Å²) in [5, 5.41) is 12.9. The van der Waals surface area contributed by atoms with E-state index in [-0.39, 0.29) is 11.9 Å². The van der Waals surface area contributed by atoms with Crippen molar-refractivity contribution in [1.29, 1.82) is 0 Å². The maximum absolute atomic E-state index is 12.2. The van der Waals surface area contributed by atoms with E-state index < -0.39 is 6.61 Å². The monoisotopic (exact) mass is 293 g/mol. The Labute approximate surface area is 116 Å². The van der Waals surface area contributed by atoms with E-state index >= 15 is 0 Å². The van der Waals surface area contributed by atoms with Crippen LogP contribution in [0.2, 0.25) is 5.02 Å². The number of nitrogens with one attached hydrogen (secondary N) is 1. The van der Waals surface area contributed by atoms with Crippen molar-refractivity contribution in [2.75, 3.05) is 6.54 Å². The number of halogens is 3. The van der Waals surface area contributed by atoms with E-state index in [9.17, 15) is 13.9 Å². The molecule has 0 bridgehead atoms. The molecule has 0 saturated carbocycles. The summed E-state index contributed by atoms with van der Waals surface area (Å²) in [5.41, 5.74) is 0.568. The lowest BCUT2D eigenvalue weighted by Crippen LogP contribution is -2.20. The standard InChI is InChI=1S/C13H18ClF2NO2/c1-2-11(18)5-6-17-8-9-7-10(14)3-4-12(9)19-13(15)16/h3-4,7,11,13,17-18H,2,5-6,8H2,1H3. The van der Waals surface area contributed by atoms with Gasteiger partial charge in [0.1, 0.15) is 5.75 Å². The molecule has 1 rings (SSSR count). The van der Waals surface area contributed by atoms with Gasteiger partial charge in [-0.3, -0.25) is 0 Å². The molecular weight excluding hydrogens is 276 g/mol. The number of aliphatic hydroxyl groups is 1. The first-order chi connectivity index (χ1) is 9.02. The first kappa shape index (κ1) is 16.1. The van der Waals surface area contributed by atoms with Gasteiger partial charge >= 0.3 is 6.61 Å². The Bertz CT molecular complexity index is 391. The van der Waals surface area contributed by atoms with Crippen LogP contribution in [0.1, 0.15) is 25.3 Å². The quantitative estimate of drug-likeness (QED) is 0.723. The SMILES string of the molecule is CCC(O)CCNCc1cc(Cl)ccc1OC(F)F. The van der Waals surface area contributed by atoms with E-state index in [4.69, 9.17) is 11.6 Å². The van der Waals surface area contributed by atoms with Crippen molar-refractivity contribution in [3.8, 4) is 5.75 Å². The lowest BCUT2D eigenvalue weighted by atomic mass is 10.2. The molecular formula is C13H18ClF2NO2. The van der Waals surface area contributed by atoms with Crippen molar-refractivity contribution in [3.05, 3.63) is 28.8 Å². The second-order valence-corrected chi connectivity index (χ2v) is 4.59. The average Bonchev–Trinajstić information content (AvgIpc) is 2.36. The van der Waals surface area contributed by atoms with Gasteiger partial charge in [0.05, 0.1) is 6.10 Å². The normalized spacial score (nSPS) is 12.7. The van der Waals surface area contributed by atoms with Gasteiger partial charge < -0.3 is 15.2 Å². The molecule has 0 aromatic heterocycles. The van der Waals surface area contributed by atoms with Crippen molar-refractivity contribution >= 4 is 11.6 Å². The summed E-state index contributed by atoms with van der Waals surface area (Å²) < 4.78 is 28.9. The van der Waals surface area contributed by atoms with Gasteiger partial charge in [-0.2, -0.15) is 8.78 Å². The number of alkyl halides is 2. The Morgan fingerprint density at radius 1 is 1.42 bits per heavy atom. The van der Waals surface area contributed by atoms with Gasteiger partial charge in [0.2, 0.25) is 0 Å². The summed E-state index contributed by atoms with van der Waals surface area (Å²) in [6.45, 7) is -0.00732. The van der Waals surface area contributed by atoms with Crippen molar-refractivity contribution in [2.45, 2.75) is 39.0 Å². The molecule has 0 spiro atoms. The smallest absolute Gasteiger partial charge is 0.387 e. The number of aliphatic hydroxyl groups excluding tert-OH is 1. The van der Waals surface area contributed by atoms with E-state index in [2.05, 4.69) is 10.1 Å². The third-order valence-electron chi connectivity index (χ3n) is 2.68. The fourth-order valence-electron chi connectivity index (χ4n) is 1.59. The molecule has 1 atom stereocenters. The van der Waals surface area contributed by atoms with Crippen molar-refractivity contribution in [2.24, 2.45) is 0 Å². The molecule has 1 unspecified atom stereocenters. The summed E-state index contributed by atoms with van der Waals surface area (Å²) >= 11 is 5.83. The second kappa shape index (κ2) is 8.30. The van der Waals surface area contributed by atoms with E-state index in [1.54, 1.807) is 6.07 Å². The number of ether oxygens (including phenoxy) is 1. The molecule has 2 N–H and O–H groups in total. The molecule has 6 heteroatoms. The van der Waals surface area contributed by atoms with E-state index in [1.807, 2.05) is 6.92 Å². The Balaban J connectivity index is 2.53. The second-order valence-electron chi connectivity index (χ2n) is 4.16. The predicted octanol–water partition coefficient (Wildman–Crippen LogP) is 3.19.